The fourth-order valence-electron chi connectivity index (χ4n) is 2.89. The van der Waals surface area contributed by atoms with Crippen LogP contribution in [0.2, 0.25) is 0 Å². The first-order valence-electron chi connectivity index (χ1n) is 9.64. The van der Waals surface area contributed by atoms with E-state index >= 15 is 0 Å². The van der Waals surface area contributed by atoms with Gasteiger partial charge in [-0.25, -0.2) is 0 Å². The molecule has 3 rings (SSSR count). The van der Waals surface area contributed by atoms with Crippen LogP contribution in [0.3, 0.4) is 0 Å². The summed E-state index contributed by atoms with van der Waals surface area (Å²) in [6.45, 7) is -0.422. The van der Waals surface area contributed by atoms with E-state index in [-0.39, 0.29) is 12.3 Å². The molecule has 1 atom stereocenters. The van der Waals surface area contributed by atoms with Crippen molar-refractivity contribution in [3.63, 3.8) is 0 Å². The van der Waals surface area contributed by atoms with Crippen LogP contribution < -0.4 is 10.6 Å². The van der Waals surface area contributed by atoms with Crippen molar-refractivity contribution in [3.05, 3.63) is 101 Å². The van der Waals surface area contributed by atoms with Crippen LogP contribution in [0.25, 0.3) is 0 Å². The van der Waals surface area contributed by atoms with Gasteiger partial charge in [0, 0.05) is 10.0 Å². The highest BCUT2D eigenvalue weighted by Crippen LogP contribution is 2.21. The zero-order chi connectivity index (χ0) is 22.1. The molecule has 6 nitrogen and oxygen atoms in total. The average Bonchev–Trinajstić information content (AvgIpc) is 2.80. The lowest BCUT2D eigenvalue weighted by atomic mass is 10.0. The molecule has 0 saturated carbocycles. The van der Waals surface area contributed by atoms with Crippen molar-refractivity contribution in [1.82, 2.24) is 5.32 Å². The molecule has 2 amide bonds. The number of ether oxygens (including phenoxy) is 1. The zero-order valence-corrected chi connectivity index (χ0v) is 18.2. The largest absolute Gasteiger partial charge is 0.455 e. The van der Waals surface area contributed by atoms with Gasteiger partial charge in [0.15, 0.2) is 6.61 Å². The molecular weight excluding hydrogens is 460 g/mol. The van der Waals surface area contributed by atoms with Gasteiger partial charge in [0.1, 0.15) is 0 Å². The molecule has 3 aromatic carbocycles. The first-order valence-corrected chi connectivity index (χ1v) is 10.4. The van der Waals surface area contributed by atoms with Gasteiger partial charge in [0.2, 0.25) is 0 Å². The van der Waals surface area contributed by atoms with Gasteiger partial charge in [-0.1, -0.05) is 60.7 Å². The molecule has 0 saturated heterocycles. The van der Waals surface area contributed by atoms with Gasteiger partial charge in [-0.2, -0.15) is 0 Å². The van der Waals surface area contributed by atoms with Gasteiger partial charge in [-0.3, -0.25) is 14.4 Å². The van der Waals surface area contributed by atoms with E-state index in [0.717, 1.165) is 10.0 Å². The van der Waals surface area contributed by atoms with Gasteiger partial charge in [-0.15, -0.1) is 0 Å². The Kier molecular flexibility index (Phi) is 7.95. The maximum Gasteiger partial charge on any atom is 0.308 e. The lowest BCUT2D eigenvalue weighted by molar-refractivity contribution is -0.147. The van der Waals surface area contributed by atoms with E-state index in [9.17, 15) is 14.4 Å². The summed E-state index contributed by atoms with van der Waals surface area (Å²) in [5.41, 5.74) is 1.84. The molecule has 158 valence electrons. The Labute approximate surface area is 188 Å². The molecule has 2 N–H and O–H groups in total. The van der Waals surface area contributed by atoms with Crippen LogP contribution in [0.1, 0.15) is 28.4 Å². The molecule has 0 aliphatic rings. The van der Waals surface area contributed by atoms with E-state index in [4.69, 9.17) is 4.74 Å². The number of amides is 2. The Hall–Kier alpha value is -3.45. The summed E-state index contributed by atoms with van der Waals surface area (Å²) in [5, 5.41) is 5.54. The molecule has 0 unspecified atom stereocenters. The summed E-state index contributed by atoms with van der Waals surface area (Å²) >= 11 is 3.34. The maximum absolute atomic E-state index is 12.6. The number of halogens is 1. The molecule has 3 aromatic rings. The van der Waals surface area contributed by atoms with E-state index in [1.807, 2.05) is 42.5 Å². The van der Waals surface area contributed by atoms with Crippen molar-refractivity contribution in [1.29, 1.82) is 0 Å². The van der Waals surface area contributed by atoms with Crippen molar-refractivity contribution in [2.75, 3.05) is 11.9 Å². The molecule has 0 aliphatic heterocycles. The predicted octanol–water partition coefficient (Wildman–Crippen LogP) is 4.49. The molecule has 31 heavy (non-hydrogen) atoms. The monoisotopic (exact) mass is 480 g/mol. The summed E-state index contributed by atoms with van der Waals surface area (Å²) in [4.78, 5) is 37.1. The minimum Gasteiger partial charge on any atom is -0.455 e. The Balaban J connectivity index is 1.60. The molecule has 0 bridgehead atoms. The number of benzene rings is 3. The first-order chi connectivity index (χ1) is 15.0. The summed E-state index contributed by atoms with van der Waals surface area (Å²) in [7, 11) is 0. The highest BCUT2D eigenvalue weighted by atomic mass is 79.9. The number of carbonyl (C=O) groups excluding carboxylic acids is 3. The second kappa shape index (κ2) is 11.1. The van der Waals surface area contributed by atoms with Crippen LogP contribution in [-0.4, -0.2) is 24.4 Å². The van der Waals surface area contributed by atoms with Crippen molar-refractivity contribution in [2.24, 2.45) is 0 Å². The molecule has 0 spiro atoms. The van der Waals surface area contributed by atoms with E-state index in [1.165, 1.54) is 0 Å². The summed E-state index contributed by atoms with van der Waals surface area (Å²) in [6.07, 6.45) is -0.106. The van der Waals surface area contributed by atoms with Gasteiger partial charge in [0.05, 0.1) is 18.2 Å². The number of rotatable bonds is 8. The van der Waals surface area contributed by atoms with Crippen LogP contribution in [0.5, 0.6) is 0 Å². The number of anilines is 1. The number of nitrogens with one attached hydrogen (secondary N) is 2. The van der Waals surface area contributed by atoms with Crippen LogP contribution in [0, 0.1) is 0 Å². The molecule has 0 fully saturated rings. The third-order valence-electron chi connectivity index (χ3n) is 4.43. The lowest BCUT2D eigenvalue weighted by Crippen LogP contribution is -2.31. The Morgan fingerprint density at radius 1 is 0.839 bits per heavy atom. The number of esters is 1. The second-order valence-corrected chi connectivity index (χ2v) is 7.55. The third kappa shape index (κ3) is 6.79. The van der Waals surface area contributed by atoms with Crippen LogP contribution >= 0.6 is 15.9 Å². The second-order valence-electron chi connectivity index (χ2n) is 6.70. The Morgan fingerprint density at radius 3 is 2.13 bits per heavy atom. The minimum absolute atomic E-state index is 0.106. The van der Waals surface area contributed by atoms with Crippen molar-refractivity contribution >= 4 is 39.4 Å². The van der Waals surface area contributed by atoms with Gasteiger partial charge in [-0.05, 0) is 45.8 Å². The smallest absolute Gasteiger partial charge is 0.308 e. The summed E-state index contributed by atoms with van der Waals surface area (Å²) in [5.74, 6) is -1.34. The van der Waals surface area contributed by atoms with Gasteiger partial charge in [0.25, 0.3) is 11.8 Å². The van der Waals surface area contributed by atoms with E-state index in [1.54, 1.807) is 42.5 Å². The van der Waals surface area contributed by atoms with Crippen molar-refractivity contribution in [2.45, 2.75) is 12.5 Å². The highest BCUT2D eigenvalue weighted by molar-refractivity contribution is 9.10. The normalized spacial score (nSPS) is 11.3. The van der Waals surface area contributed by atoms with Crippen LogP contribution in [-0.2, 0) is 14.3 Å². The van der Waals surface area contributed by atoms with Crippen LogP contribution in [0.4, 0.5) is 5.69 Å². The summed E-state index contributed by atoms with van der Waals surface area (Å²) in [6, 6.07) is 24.4. The number of hydrogen-bond acceptors (Lipinski definition) is 4. The quantitative estimate of drug-likeness (QED) is 0.465. The maximum atomic E-state index is 12.6. The molecule has 0 radical (unpaired) electrons. The predicted molar refractivity (Wildman–Crippen MR) is 121 cm³/mol. The Bertz CT molecular complexity index is 1040. The fourth-order valence-corrected chi connectivity index (χ4v) is 3.27. The van der Waals surface area contributed by atoms with Crippen molar-refractivity contribution in [3.8, 4) is 0 Å². The lowest BCUT2D eigenvalue weighted by Gasteiger charge is -2.19. The van der Waals surface area contributed by atoms with Gasteiger partial charge >= 0.3 is 5.97 Å². The molecule has 0 aromatic heterocycles. The average molecular weight is 481 g/mol. The Morgan fingerprint density at radius 2 is 1.45 bits per heavy atom. The molecule has 7 heteroatoms. The van der Waals surface area contributed by atoms with E-state index in [2.05, 4.69) is 26.6 Å². The summed E-state index contributed by atoms with van der Waals surface area (Å²) < 4.78 is 5.86. The number of para-hydroxylation sites is 1. The first kappa shape index (κ1) is 22.2. The van der Waals surface area contributed by atoms with Crippen molar-refractivity contribution < 1.29 is 19.1 Å². The molecule has 0 aliphatic carbocycles. The number of carbonyl (C=O) groups is 3. The standard InChI is InChI=1S/C24H21BrN2O4/c25-19-13-7-8-14-20(19)26-22(28)16-31-23(29)15-21(17-9-3-1-4-10-17)27-24(30)18-11-5-2-6-12-18/h1-14,21H,15-16H2,(H,26,28)(H,27,30)/t21-/m0/s1. The molecule has 0 heterocycles. The zero-order valence-electron chi connectivity index (χ0n) is 16.6. The fraction of sp³-hybridized carbons (Fsp3) is 0.125. The number of hydrogen-bond donors (Lipinski definition) is 2. The minimum atomic E-state index is -0.593. The third-order valence-corrected chi connectivity index (χ3v) is 5.12. The highest BCUT2D eigenvalue weighted by Gasteiger charge is 2.20. The topological polar surface area (TPSA) is 84.5 Å². The van der Waals surface area contributed by atoms with E-state index < -0.39 is 24.5 Å². The SMILES string of the molecule is O=C(COC(=O)C[C@H](NC(=O)c1ccccc1)c1ccccc1)Nc1ccccc1Br. The molecular formula is C24H21BrN2O4. The van der Waals surface area contributed by atoms with Gasteiger partial charge < -0.3 is 15.4 Å². The van der Waals surface area contributed by atoms with Crippen LogP contribution in [0.15, 0.2) is 89.4 Å². The van der Waals surface area contributed by atoms with E-state index in [0.29, 0.717) is 11.3 Å².